The molecule has 0 heterocycles. The van der Waals surface area contributed by atoms with Gasteiger partial charge < -0.3 is 11.1 Å². The predicted octanol–water partition coefficient (Wildman–Crippen LogP) is 0.817. The number of carbonyl (C=O) groups is 1. The summed E-state index contributed by atoms with van der Waals surface area (Å²) in [5.74, 6) is 0.0821. The number of nitrogens with two attached hydrogens (primary N) is 1. The van der Waals surface area contributed by atoms with Gasteiger partial charge in [-0.15, -0.1) is 0 Å². The minimum atomic E-state index is -3.36. The first-order valence-electron chi connectivity index (χ1n) is 7.14. The average molecular weight is 327 g/mol. The molecule has 1 rings (SSSR count). The van der Waals surface area contributed by atoms with Gasteiger partial charge in [-0.2, -0.15) is 4.31 Å². The molecule has 1 atom stereocenters. The number of nitrogens with one attached hydrogen (secondary N) is 1. The third kappa shape index (κ3) is 5.75. The lowest BCUT2D eigenvalue weighted by Crippen LogP contribution is -2.40. The summed E-state index contributed by atoms with van der Waals surface area (Å²) in [5, 5.41) is 2.65. The van der Waals surface area contributed by atoms with Gasteiger partial charge in [0.15, 0.2) is 0 Å². The molecule has 0 saturated heterocycles. The van der Waals surface area contributed by atoms with Crippen molar-refractivity contribution in [1.29, 1.82) is 0 Å². The summed E-state index contributed by atoms with van der Waals surface area (Å²) in [5.41, 5.74) is 8.20. The SMILES string of the molecule is CC(C)c1ccc(C(N)CNC(=O)CN(C)S(C)(=O)=O)cc1. The summed E-state index contributed by atoms with van der Waals surface area (Å²) < 4.78 is 23.5. The number of sulfonamides is 1. The second-order valence-corrected chi connectivity index (χ2v) is 7.84. The van der Waals surface area contributed by atoms with E-state index in [1.165, 1.54) is 12.6 Å². The van der Waals surface area contributed by atoms with E-state index in [2.05, 4.69) is 19.2 Å². The molecular formula is C15H25N3O3S. The lowest BCUT2D eigenvalue weighted by atomic mass is 9.99. The molecule has 1 amide bonds. The van der Waals surface area contributed by atoms with Crippen molar-refractivity contribution in [1.82, 2.24) is 9.62 Å². The molecule has 0 fully saturated rings. The van der Waals surface area contributed by atoms with Gasteiger partial charge in [0.2, 0.25) is 15.9 Å². The smallest absolute Gasteiger partial charge is 0.235 e. The van der Waals surface area contributed by atoms with Crippen molar-refractivity contribution in [3.63, 3.8) is 0 Å². The number of rotatable bonds is 7. The predicted molar refractivity (Wildman–Crippen MR) is 87.9 cm³/mol. The zero-order valence-corrected chi connectivity index (χ0v) is 14.4. The molecule has 0 spiro atoms. The second kappa shape index (κ2) is 7.71. The Kier molecular flexibility index (Phi) is 6.52. The third-order valence-corrected chi connectivity index (χ3v) is 4.74. The number of nitrogens with zero attached hydrogens (tertiary/aromatic N) is 1. The van der Waals surface area contributed by atoms with Crippen LogP contribution in [0.4, 0.5) is 0 Å². The van der Waals surface area contributed by atoms with Crippen molar-refractivity contribution in [2.75, 3.05) is 26.4 Å². The number of hydrogen-bond acceptors (Lipinski definition) is 4. The van der Waals surface area contributed by atoms with E-state index in [0.717, 1.165) is 16.1 Å². The van der Waals surface area contributed by atoms with Crippen LogP contribution in [0.3, 0.4) is 0 Å². The highest BCUT2D eigenvalue weighted by molar-refractivity contribution is 7.88. The highest BCUT2D eigenvalue weighted by Gasteiger charge is 2.16. The standard InChI is InChI=1S/C15H25N3O3S/c1-11(2)12-5-7-13(8-6-12)14(16)9-17-15(19)10-18(3)22(4,20)21/h5-8,11,14H,9-10,16H2,1-4H3,(H,17,19). The van der Waals surface area contributed by atoms with Crippen LogP contribution in [0.5, 0.6) is 0 Å². The quantitative estimate of drug-likeness (QED) is 0.775. The lowest BCUT2D eigenvalue weighted by molar-refractivity contribution is -0.121. The van der Waals surface area contributed by atoms with Crippen molar-refractivity contribution >= 4 is 15.9 Å². The van der Waals surface area contributed by atoms with Crippen molar-refractivity contribution in [2.45, 2.75) is 25.8 Å². The maximum Gasteiger partial charge on any atom is 0.235 e. The maximum absolute atomic E-state index is 11.7. The van der Waals surface area contributed by atoms with E-state index in [-0.39, 0.29) is 25.0 Å². The Labute approximate surface area is 132 Å². The molecule has 22 heavy (non-hydrogen) atoms. The highest BCUT2D eigenvalue weighted by Crippen LogP contribution is 2.17. The third-order valence-electron chi connectivity index (χ3n) is 3.48. The molecule has 0 saturated carbocycles. The number of likely N-dealkylation sites (N-methyl/N-ethyl adjacent to an activating group) is 1. The van der Waals surface area contributed by atoms with Crippen molar-refractivity contribution in [2.24, 2.45) is 5.73 Å². The lowest BCUT2D eigenvalue weighted by Gasteiger charge is -2.17. The van der Waals surface area contributed by atoms with Gasteiger partial charge >= 0.3 is 0 Å². The molecule has 3 N–H and O–H groups in total. The minimum absolute atomic E-state index is 0.210. The molecule has 0 aliphatic carbocycles. The Bertz CT molecular complexity index is 597. The fourth-order valence-electron chi connectivity index (χ4n) is 1.85. The van der Waals surface area contributed by atoms with Gasteiger partial charge in [0.25, 0.3) is 0 Å². The maximum atomic E-state index is 11.7. The van der Waals surface area contributed by atoms with Gasteiger partial charge in [0.1, 0.15) is 0 Å². The first kappa shape index (κ1) is 18.6. The van der Waals surface area contributed by atoms with E-state index in [4.69, 9.17) is 5.73 Å². The summed E-state index contributed by atoms with van der Waals surface area (Å²) in [6.07, 6.45) is 1.06. The van der Waals surface area contributed by atoms with Crippen LogP contribution in [0.25, 0.3) is 0 Å². The highest BCUT2D eigenvalue weighted by atomic mass is 32.2. The fourth-order valence-corrected chi connectivity index (χ4v) is 2.20. The molecule has 0 aromatic heterocycles. The van der Waals surface area contributed by atoms with E-state index < -0.39 is 10.0 Å². The van der Waals surface area contributed by atoms with E-state index in [1.54, 1.807) is 0 Å². The molecule has 1 aromatic carbocycles. The van der Waals surface area contributed by atoms with Crippen LogP contribution in [-0.4, -0.2) is 45.0 Å². The van der Waals surface area contributed by atoms with Crippen LogP contribution in [0.1, 0.15) is 36.9 Å². The Morgan fingerprint density at radius 3 is 2.18 bits per heavy atom. The molecule has 1 unspecified atom stereocenters. The molecule has 1 aromatic rings. The summed E-state index contributed by atoms with van der Waals surface area (Å²) in [7, 11) is -2.00. The molecule has 0 aliphatic rings. The average Bonchev–Trinajstić information content (AvgIpc) is 2.43. The summed E-state index contributed by atoms with van der Waals surface area (Å²) in [6.45, 7) is 4.29. The van der Waals surface area contributed by atoms with Crippen LogP contribution >= 0.6 is 0 Å². The van der Waals surface area contributed by atoms with E-state index in [9.17, 15) is 13.2 Å². The van der Waals surface area contributed by atoms with Crippen LogP contribution in [-0.2, 0) is 14.8 Å². The number of hydrogen-bond donors (Lipinski definition) is 2. The van der Waals surface area contributed by atoms with Crippen LogP contribution in [0.2, 0.25) is 0 Å². The van der Waals surface area contributed by atoms with Crippen molar-refractivity contribution < 1.29 is 13.2 Å². The van der Waals surface area contributed by atoms with Crippen molar-refractivity contribution in [3.8, 4) is 0 Å². The molecule has 7 heteroatoms. The van der Waals surface area contributed by atoms with Gasteiger partial charge in [-0.25, -0.2) is 8.42 Å². The van der Waals surface area contributed by atoms with Crippen LogP contribution in [0.15, 0.2) is 24.3 Å². The van der Waals surface area contributed by atoms with Gasteiger partial charge in [0.05, 0.1) is 12.8 Å². The van der Waals surface area contributed by atoms with E-state index in [0.29, 0.717) is 5.92 Å². The first-order valence-corrected chi connectivity index (χ1v) is 8.99. The molecule has 0 radical (unpaired) electrons. The first-order chi connectivity index (χ1) is 10.1. The van der Waals surface area contributed by atoms with Gasteiger partial charge in [0, 0.05) is 19.6 Å². The fraction of sp³-hybridized carbons (Fsp3) is 0.533. The van der Waals surface area contributed by atoms with Gasteiger partial charge in [-0.1, -0.05) is 38.1 Å². The summed E-state index contributed by atoms with van der Waals surface area (Å²) in [6, 6.07) is 7.63. The monoisotopic (exact) mass is 327 g/mol. The van der Waals surface area contributed by atoms with Crippen molar-refractivity contribution in [3.05, 3.63) is 35.4 Å². The molecular weight excluding hydrogens is 302 g/mol. The number of carbonyl (C=O) groups excluding carboxylic acids is 1. The normalized spacial score (nSPS) is 13.4. The minimum Gasteiger partial charge on any atom is -0.353 e. The number of benzene rings is 1. The van der Waals surface area contributed by atoms with E-state index in [1.807, 2.05) is 24.3 Å². The van der Waals surface area contributed by atoms with Gasteiger partial charge in [-0.05, 0) is 17.0 Å². The zero-order chi connectivity index (χ0) is 16.9. The molecule has 0 bridgehead atoms. The zero-order valence-electron chi connectivity index (χ0n) is 13.5. The second-order valence-electron chi connectivity index (χ2n) is 5.75. The van der Waals surface area contributed by atoms with Crippen LogP contribution < -0.4 is 11.1 Å². The largest absolute Gasteiger partial charge is 0.353 e. The van der Waals surface area contributed by atoms with Gasteiger partial charge in [-0.3, -0.25) is 4.79 Å². The number of amides is 1. The van der Waals surface area contributed by atoms with E-state index >= 15 is 0 Å². The Hall–Kier alpha value is -1.44. The topological polar surface area (TPSA) is 92.5 Å². The van der Waals surface area contributed by atoms with Crippen LogP contribution in [0, 0.1) is 0 Å². The summed E-state index contributed by atoms with van der Waals surface area (Å²) >= 11 is 0. The molecule has 6 nitrogen and oxygen atoms in total. The molecule has 124 valence electrons. The Morgan fingerprint density at radius 2 is 1.73 bits per heavy atom. The Morgan fingerprint density at radius 1 is 1.23 bits per heavy atom. The Balaban J connectivity index is 2.52. The summed E-state index contributed by atoms with van der Waals surface area (Å²) in [4.78, 5) is 11.7. The molecule has 0 aliphatic heterocycles.